The van der Waals surface area contributed by atoms with E-state index >= 15 is 0 Å². The van der Waals surface area contributed by atoms with Gasteiger partial charge >= 0.3 is 0 Å². The van der Waals surface area contributed by atoms with Crippen molar-refractivity contribution in [1.82, 2.24) is 5.32 Å². The highest BCUT2D eigenvalue weighted by atomic mass is 35.5. The topological polar surface area (TPSA) is 49.3 Å². The van der Waals surface area contributed by atoms with E-state index in [2.05, 4.69) is 5.32 Å². The van der Waals surface area contributed by atoms with E-state index in [0.29, 0.717) is 5.02 Å². The molecule has 1 amide bonds. The van der Waals surface area contributed by atoms with Crippen LogP contribution in [0.15, 0.2) is 24.3 Å². The van der Waals surface area contributed by atoms with Gasteiger partial charge in [-0.2, -0.15) is 0 Å². The maximum Gasteiger partial charge on any atom is 0.223 e. The number of carbonyl (C=O) groups is 1. The average molecular weight is 296 g/mol. The summed E-state index contributed by atoms with van der Waals surface area (Å²) in [5, 5.41) is 14.0. The molecule has 4 heteroatoms. The Kier molecular flexibility index (Phi) is 4.40. The fraction of sp³-hybridized carbons (Fsp3) is 0.562. The number of carbonyl (C=O) groups excluding carboxylic acids is 1. The molecule has 20 heavy (non-hydrogen) atoms. The zero-order chi connectivity index (χ0) is 14.8. The third kappa shape index (κ3) is 3.74. The van der Waals surface area contributed by atoms with Gasteiger partial charge in [0.15, 0.2) is 0 Å². The number of halogens is 1. The molecule has 1 aliphatic carbocycles. The van der Waals surface area contributed by atoms with Crippen LogP contribution in [0.4, 0.5) is 0 Å². The van der Waals surface area contributed by atoms with Crippen molar-refractivity contribution >= 4 is 17.5 Å². The van der Waals surface area contributed by atoms with E-state index in [1.54, 1.807) is 0 Å². The molecule has 0 radical (unpaired) electrons. The first-order valence-electron chi connectivity index (χ1n) is 7.10. The molecule has 0 aliphatic heterocycles. The Morgan fingerprint density at radius 2 is 1.85 bits per heavy atom. The molecule has 1 aromatic rings. The lowest BCUT2D eigenvalue weighted by atomic mass is 9.92. The Balaban J connectivity index is 2.00. The van der Waals surface area contributed by atoms with Crippen LogP contribution < -0.4 is 5.32 Å². The van der Waals surface area contributed by atoms with Gasteiger partial charge in [0, 0.05) is 5.02 Å². The van der Waals surface area contributed by atoms with Crippen LogP contribution in [-0.2, 0) is 10.3 Å². The van der Waals surface area contributed by atoms with Crippen molar-refractivity contribution in [3.63, 3.8) is 0 Å². The zero-order valence-electron chi connectivity index (χ0n) is 12.1. The van der Waals surface area contributed by atoms with E-state index in [1.807, 2.05) is 38.1 Å². The first-order chi connectivity index (χ1) is 9.31. The largest absolute Gasteiger partial charge is 0.389 e. The minimum absolute atomic E-state index is 0.102. The molecule has 110 valence electrons. The number of nitrogens with one attached hydrogen (secondary N) is 1. The summed E-state index contributed by atoms with van der Waals surface area (Å²) in [6, 6.07) is 7.45. The summed E-state index contributed by atoms with van der Waals surface area (Å²) in [6.45, 7) is 3.90. The highest BCUT2D eigenvalue weighted by molar-refractivity contribution is 6.30. The van der Waals surface area contributed by atoms with Crippen molar-refractivity contribution in [3.8, 4) is 0 Å². The van der Waals surface area contributed by atoms with Crippen LogP contribution in [0, 0.1) is 0 Å². The molecule has 0 saturated heterocycles. The molecule has 1 aliphatic rings. The fourth-order valence-electron chi connectivity index (χ4n) is 2.84. The average Bonchev–Trinajstić information content (AvgIpc) is 2.75. The van der Waals surface area contributed by atoms with E-state index in [9.17, 15) is 9.90 Å². The second-order valence-corrected chi connectivity index (χ2v) is 6.72. The highest BCUT2D eigenvalue weighted by Gasteiger charge is 2.35. The van der Waals surface area contributed by atoms with Crippen molar-refractivity contribution in [1.29, 1.82) is 0 Å². The summed E-state index contributed by atoms with van der Waals surface area (Å²) in [4.78, 5) is 12.2. The number of benzene rings is 1. The molecule has 0 spiro atoms. The van der Waals surface area contributed by atoms with Crippen LogP contribution in [0.25, 0.3) is 0 Å². The molecule has 0 heterocycles. The molecule has 2 N–H and O–H groups in total. The van der Waals surface area contributed by atoms with Gasteiger partial charge in [-0.05, 0) is 44.4 Å². The maximum atomic E-state index is 12.2. The Labute approximate surface area is 125 Å². The van der Waals surface area contributed by atoms with E-state index in [-0.39, 0.29) is 12.3 Å². The summed E-state index contributed by atoms with van der Waals surface area (Å²) in [6.07, 6.45) is 3.64. The first-order valence-corrected chi connectivity index (χ1v) is 7.48. The van der Waals surface area contributed by atoms with E-state index in [1.165, 1.54) is 0 Å². The van der Waals surface area contributed by atoms with Gasteiger partial charge in [0.1, 0.15) is 0 Å². The van der Waals surface area contributed by atoms with Gasteiger partial charge < -0.3 is 10.4 Å². The van der Waals surface area contributed by atoms with E-state index < -0.39 is 11.1 Å². The highest BCUT2D eigenvalue weighted by Crippen LogP contribution is 2.32. The fourth-order valence-corrected chi connectivity index (χ4v) is 2.97. The first kappa shape index (κ1) is 15.3. The lowest BCUT2D eigenvalue weighted by molar-refractivity contribution is -0.127. The Hall–Kier alpha value is -1.06. The summed E-state index contributed by atoms with van der Waals surface area (Å²) >= 11 is 5.88. The molecule has 3 nitrogen and oxygen atoms in total. The van der Waals surface area contributed by atoms with Crippen LogP contribution in [0.1, 0.15) is 51.5 Å². The standard InChI is InChI=1S/C16H22ClNO2/c1-15(2,12-5-7-13(17)8-6-12)18-14(19)11-16(20)9-3-4-10-16/h5-8,20H,3-4,9-11H2,1-2H3,(H,18,19). The van der Waals surface area contributed by atoms with Crippen LogP contribution in [-0.4, -0.2) is 16.6 Å². The summed E-state index contributed by atoms with van der Waals surface area (Å²) in [7, 11) is 0. The van der Waals surface area contributed by atoms with Gasteiger partial charge in [-0.25, -0.2) is 0 Å². The van der Waals surface area contributed by atoms with Crippen LogP contribution in [0.3, 0.4) is 0 Å². The third-order valence-electron chi connectivity index (χ3n) is 4.04. The minimum atomic E-state index is -0.805. The lowest BCUT2D eigenvalue weighted by Gasteiger charge is -2.29. The molecular weight excluding hydrogens is 274 g/mol. The van der Waals surface area contributed by atoms with E-state index in [0.717, 1.165) is 31.2 Å². The molecule has 1 fully saturated rings. The van der Waals surface area contributed by atoms with Gasteiger partial charge in [0.05, 0.1) is 17.6 Å². The SMILES string of the molecule is CC(C)(NC(=O)CC1(O)CCCC1)c1ccc(Cl)cc1. The molecule has 0 atom stereocenters. The van der Waals surface area contributed by atoms with Crippen LogP contribution in [0.5, 0.6) is 0 Å². The predicted molar refractivity (Wildman–Crippen MR) is 80.7 cm³/mol. The molecule has 1 aromatic carbocycles. The van der Waals surface area contributed by atoms with Gasteiger partial charge in [-0.15, -0.1) is 0 Å². The van der Waals surface area contributed by atoms with Crippen molar-refractivity contribution in [3.05, 3.63) is 34.9 Å². The Morgan fingerprint density at radius 1 is 1.30 bits per heavy atom. The van der Waals surface area contributed by atoms with Gasteiger partial charge in [0.2, 0.25) is 5.91 Å². The van der Waals surface area contributed by atoms with Crippen molar-refractivity contribution in [2.75, 3.05) is 0 Å². The normalized spacial score (nSPS) is 18.0. The number of hydrogen-bond acceptors (Lipinski definition) is 2. The molecule has 0 aromatic heterocycles. The molecule has 2 rings (SSSR count). The predicted octanol–water partition coefficient (Wildman–Crippen LogP) is 3.39. The third-order valence-corrected chi connectivity index (χ3v) is 4.29. The number of amides is 1. The van der Waals surface area contributed by atoms with Crippen LogP contribution in [0.2, 0.25) is 5.02 Å². The Bertz CT molecular complexity index is 476. The van der Waals surface area contributed by atoms with Gasteiger partial charge in [0.25, 0.3) is 0 Å². The quantitative estimate of drug-likeness (QED) is 0.894. The molecule has 0 unspecified atom stereocenters. The summed E-state index contributed by atoms with van der Waals surface area (Å²) < 4.78 is 0. The van der Waals surface area contributed by atoms with Gasteiger partial charge in [-0.3, -0.25) is 4.79 Å². The second-order valence-electron chi connectivity index (χ2n) is 6.29. The zero-order valence-corrected chi connectivity index (χ0v) is 12.8. The molecule has 1 saturated carbocycles. The van der Waals surface area contributed by atoms with Crippen LogP contribution >= 0.6 is 11.6 Å². The Morgan fingerprint density at radius 3 is 2.40 bits per heavy atom. The summed E-state index contributed by atoms with van der Waals surface area (Å²) in [5.41, 5.74) is -0.287. The van der Waals surface area contributed by atoms with Crippen molar-refractivity contribution in [2.45, 2.75) is 57.1 Å². The number of rotatable bonds is 4. The van der Waals surface area contributed by atoms with Gasteiger partial charge in [-0.1, -0.05) is 36.6 Å². The minimum Gasteiger partial charge on any atom is -0.389 e. The summed E-state index contributed by atoms with van der Waals surface area (Å²) in [5.74, 6) is -0.102. The molecular formula is C16H22ClNO2. The number of hydrogen-bond donors (Lipinski definition) is 2. The van der Waals surface area contributed by atoms with Crippen molar-refractivity contribution < 1.29 is 9.90 Å². The smallest absolute Gasteiger partial charge is 0.223 e. The second kappa shape index (κ2) is 5.74. The monoisotopic (exact) mass is 295 g/mol. The van der Waals surface area contributed by atoms with E-state index in [4.69, 9.17) is 11.6 Å². The molecule has 0 bridgehead atoms. The number of aliphatic hydroxyl groups is 1. The lowest BCUT2D eigenvalue weighted by Crippen LogP contribution is -2.44. The van der Waals surface area contributed by atoms with Crippen molar-refractivity contribution in [2.24, 2.45) is 0 Å². The maximum absolute atomic E-state index is 12.2.